The van der Waals surface area contributed by atoms with E-state index >= 15 is 0 Å². The van der Waals surface area contributed by atoms with E-state index in [0.29, 0.717) is 12.3 Å². The molecular formula is C12H20O3. The molecule has 2 fully saturated rings. The molecule has 2 atom stereocenters. The minimum atomic E-state index is -0.640. The number of carboxylic acids is 1. The molecule has 2 aliphatic rings. The van der Waals surface area contributed by atoms with Gasteiger partial charge in [0.25, 0.3) is 0 Å². The third-order valence-electron chi connectivity index (χ3n) is 3.89. The van der Waals surface area contributed by atoms with Crippen LogP contribution in [0.15, 0.2) is 0 Å². The van der Waals surface area contributed by atoms with E-state index in [9.17, 15) is 9.90 Å². The molecule has 1 aliphatic heterocycles. The summed E-state index contributed by atoms with van der Waals surface area (Å²) in [6, 6.07) is 0. The van der Waals surface area contributed by atoms with Crippen LogP contribution in [-0.2, 0) is 9.53 Å². The van der Waals surface area contributed by atoms with Gasteiger partial charge in [0.1, 0.15) is 0 Å². The Morgan fingerprint density at radius 3 is 2.60 bits per heavy atom. The summed E-state index contributed by atoms with van der Waals surface area (Å²) in [7, 11) is 0. The van der Waals surface area contributed by atoms with Crippen molar-refractivity contribution in [3.63, 3.8) is 0 Å². The molecule has 0 aromatic carbocycles. The molecule has 0 spiro atoms. The Morgan fingerprint density at radius 1 is 1.40 bits per heavy atom. The molecule has 3 nitrogen and oxygen atoms in total. The maximum Gasteiger partial charge on any atom is 0.309 e. The van der Waals surface area contributed by atoms with E-state index in [4.69, 9.17) is 4.74 Å². The molecule has 1 aliphatic carbocycles. The Kier molecular flexibility index (Phi) is 3.01. The van der Waals surface area contributed by atoms with E-state index < -0.39 is 11.4 Å². The van der Waals surface area contributed by atoms with E-state index in [1.165, 1.54) is 6.42 Å². The maximum absolute atomic E-state index is 11.3. The Labute approximate surface area is 90.8 Å². The zero-order valence-corrected chi connectivity index (χ0v) is 9.37. The predicted octanol–water partition coefficient (Wildman–Crippen LogP) is 2.45. The van der Waals surface area contributed by atoms with E-state index in [1.807, 2.05) is 6.92 Å². The zero-order valence-electron chi connectivity index (χ0n) is 9.37. The summed E-state index contributed by atoms with van der Waals surface area (Å²) in [5.41, 5.74) is -0.540. The van der Waals surface area contributed by atoms with Crippen molar-refractivity contribution in [2.45, 2.75) is 51.6 Å². The van der Waals surface area contributed by atoms with Gasteiger partial charge in [0.05, 0.1) is 11.5 Å². The van der Waals surface area contributed by atoms with Crippen LogP contribution >= 0.6 is 0 Å². The predicted molar refractivity (Wildman–Crippen MR) is 56.7 cm³/mol. The first-order valence-electron chi connectivity index (χ1n) is 5.98. The third kappa shape index (κ3) is 2.33. The van der Waals surface area contributed by atoms with E-state index in [-0.39, 0.29) is 6.10 Å². The lowest BCUT2D eigenvalue weighted by molar-refractivity contribution is -0.152. The fourth-order valence-corrected chi connectivity index (χ4v) is 2.59. The van der Waals surface area contributed by atoms with Crippen molar-refractivity contribution < 1.29 is 14.6 Å². The molecule has 3 heteroatoms. The third-order valence-corrected chi connectivity index (χ3v) is 3.89. The number of hydrogen-bond donors (Lipinski definition) is 1. The Balaban J connectivity index is 1.96. The molecule has 1 saturated heterocycles. The van der Waals surface area contributed by atoms with E-state index in [0.717, 1.165) is 32.3 Å². The van der Waals surface area contributed by atoms with Gasteiger partial charge in [-0.15, -0.1) is 0 Å². The quantitative estimate of drug-likeness (QED) is 0.778. The molecule has 15 heavy (non-hydrogen) atoms. The summed E-state index contributed by atoms with van der Waals surface area (Å²) in [6.45, 7) is 2.70. The second-order valence-electron chi connectivity index (χ2n) is 5.19. The Bertz CT molecular complexity index is 241. The number of carboxylic acid groups (broad SMARTS) is 1. The summed E-state index contributed by atoms with van der Waals surface area (Å²) in [4.78, 5) is 11.3. The molecule has 0 bridgehead atoms. The average molecular weight is 212 g/mol. The molecule has 0 aromatic rings. The lowest BCUT2D eigenvalue weighted by Gasteiger charge is -2.31. The van der Waals surface area contributed by atoms with Gasteiger partial charge in [-0.3, -0.25) is 4.79 Å². The van der Waals surface area contributed by atoms with Gasteiger partial charge in [-0.05, 0) is 51.4 Å². The highest BCUT2D eigenvalue weighted by Crippen LogP contribution is 2.49. The maximum atomic E-state index is 11.3. The van der Waals surface area contributed by atoms with Gasteiger partial charge in [0, 0.05) is 6.61 Å². The molecule has 0 radical (unpaired) electrons. The number of carbonyl (C=O) groups is 1. The Morgan fingerprint density at radius 2 is 2.13 bits per heavy atom. The highest BCUT2D eigenvalue weighted by Gasteiger charge is 2.48. The minimum absolute atomic E-state index is 0.181. The zero-order chi connectivity index (χ0) is 10.9. The van der Waals surface area contributed by atoms with Crippen LogP contribution in [-0.4, -0.2) is 23.8 Å². The van der Waals surface area contributed by atoms with Gasteiger partial charge in [0.2, 0.25) is 0 Å². The van der Waals surface area contributed by atoms with Crippen LogP contribution < -0.4 is 0 Å². The van der Waals surface area contributed by atoms with Crippen molar-refractivity contribution in [3.05, 3.63) is 0 Å². The van der Waals surface area contributed by atoms with Gasteiger partial charge >= 0.3 is 5.97 Å². The van der Waals surface area contributed by atoms with Crippen molar-refractivity contribution in [2.24, 2.45) is 11.3 Å². The highest BCUT2D eigenvalue weighted by molar-refractivity contribution is 5.75. The normalized spacial score (nSPS) is 30.9. The van der Waals surface area contributed by atoms with Crippen LogP contribution in [0, 0.1) is 11.3 Å². The van der Waals surface area contributed by atoms with Gasteiger partial charge in [-0.2, -0.15) is 0 Å². The summed E-state index contributed by atoms with van der Waals surface area (Å²) in [6.07, 6.45) is 6.39. The molecule has 2 unspecified atom stereocenters. The number of rotatable bonds is 4. The van der Waals surface area contributed by atoms with Crippen LogP contribution in [0.2, 0.25) is 0 Å². The van der Waals surface area contributed by atoms with Crippen molar-refractivity contribution in [1.82, 2.24) is 0 Å². The second-order valence-corrected chi connectivity index (χ2v) is 5.19. The summed E-state index contributed by atoms with van der Waals surface area (Å²) >= 11 is 0. The van der Waals surface area contributed by atoms with Crippen molar-refractivity contribution in [3.8, 4) is 0 Å². The molecular weight excluding hydrogens is 192 g/mol. The van der Waals surface area contributed by atoms with Crippen molar-refractivity contribution in [2.75, 3.05) is 6.61 Å². The summed E-state index contributed by atoms with van der Waals surface area (Å²) in [5, 5.41) is 9.32. The molecule has 1 N–H and O–H groups in total. The van der Waals surface area contributed by atoms with Gasteiger partial charge in [0.15, 0.2) is 0 Å². The lowest BCUT2D eigenvalue weighted by atomic mass is 9.78. The van der Waals surface area contributed by atoms with Crippen molar-refractivity contribution in [1.29, 1.82) is 0 Å². The van der Waals surface area contributed by atoms with Gasteiger partial charge in [-0.25, -0.2) is 0 Å². The van der Waals surface area contributed by atoms with Crippen LogP contribution in [0.5, 0.6) is 0 Å². The standard InChI is InChI=1S/C12H20O3/c1-12(11(13)14,9-5-6-9)8-10-4-2-3-7-15-10/h9-10H,2-8H2,1H3,(H,13,14). The van der Waals surface area contributed by atoms with Crippen LogP contribution in [0.25, 0.3) is 0 Å². The highest BCUT2D eigenvalue weighted by atomic mass is 16.5. The number of hydrogen-bond acceptors (Lipinski definition) is 2. The molecule has 0 amide bonds. The van der Waals surface area contributed by atoms with Gasteiger partial charge in [-0.1, -0.05) is 0 Å². The first kappa shape index (κ1) is 10.9. The molecule has 1 saturated carbocycles. The summed E-state index contributed by atoms with van der Waals surface area (Å²) < 4.78 is 5.64. The summed E-state index contributed by atoms with van der Waals surface area (Å²) in [5.74, 6) is -0.250. The first-order chi connectivity index (χ1) is 7.13. The van der Waals surface area contributed by atoms with E-state index in [2.05, 4.69) is 0 Å². The number of ether oxygens (including phenoxy) is 1. The molecule has 86 valence electrons. The fraction of sp³-hybridized carbons (Fsp3) is 0.917. The second kappa shape index (κ2) is 4.12. The fourth-order valence-electron chi connectivity index (χ4n) is 2.59. The molecule has 1 heterocycles. The Hall–Kier alpha value is -0.570. The van der Waals surface area contributed by atoms with Gasteiger partial charge < -0.3 is 9.84 Å². The number of aliphatic carboxylic acids is 1. The topological polar surface area (TPSA) is 46.5 Å². The van der Waals surface area contributed by atoms with Crippen molar-refractivity contribution >= 4 is 5.97 Å². The molecule has 0 aromatic heterocycles. The SMILES string of the molecule is CC(CC1CCCCO1)(C(=O)O)C1CC1. The molecule has 2 rings (SSSR count). The smallest absolute Gasteiger partial charge is 0.309 e. The van der Waals surface area contributed by atoms with Crippen LogP contribution in [0.3, 0.4) is 0 Å². The minimum Gasteiger partial charge on any atom is -0.481 e. The van der Waals surface area contributed by atoms with Crippen LogP contribution in [0.1, 0.15) is 45.4 Å². The van der Waals surface area contributed by atoms with E-state index in [1.54, 1.807) is 0 Å². The average Bonchev–Trinajstić information content (AvgIpc) is 3.02. The first-order valence-corrected chi connectivity index (χ1v) is 5.98. The van der Waals surface area contributed by atoms with Crippen LogP contribution in [0.4, 0.5) is 0 Å². The largest absolute Gasteiger partial charge is 0.481 e. The monoisotopic (exact) mass is 212 g/mol. The lowest BCUT2D eigenvalue weighted by Crippen LogP contribution is -2.36.